The molecule has 15 atom stereocenters. The summed E-state index contributed by atoms with van der Waals surface area (Å²) in [6, 6.07) is -1.15. The van der Waals surface area contributed by atoms with E-state index in [1.165, 1.54) is 12.0 Å². The molecule has 0 aromatic rings. The summed E-state index contributed by atoms with van der Waals surface area (Å²) in [5.74, 6) is -8.08. The molecular formula is C50H79NO13. The molecule has 3 fully saturated rings. The third-order valence-electron chi connectivity index (χ3n) is 14.5. The summed E-state index contributed by atoms with van der Waals surface area (Å²) < 4.78 is 23.4. The summed E-state index contributed by atoms with van der Waals surface area (Å²) >= 11 is 0. The minimum atomic E-state index is -2.47. The molecule has 362 valence electrons. The third-order valence-corrected chi connectivity index (χ3v) is 14.5. The number of hydrogen-bond acceptors (Lipinski definition) is 13. The first kappa shape index (κ1) is 53.5. The quantitative estimate of drug-likeness (QED) is 0.148. The lowest BCUT2D eigenvalue weighted by molar-refractivity contribution is -0.265. The monoisotopic (exact) mass is 902 g/mol. The van der Waals surface area contributed by atoms with Gasteiger partial charge < -0.3 is 44.3 Å². The summed E-state index contributed by atoms with van der Waals surface area (Å²) in [4.78, 5) is 71.5. The number of hydrogen-bond donors (Lipinski definition) is 4. The Morgan fingerprint density at radius 3 is 2.28 bits per heavy atom. The van der Waals surface area contributed by atoms with E-state index >= 15 is 0 Å². The molecule has 4 rings (SSSR count). The molecule has 3 aliphatic heterocycles. The van der Waals surface area contributed by atoms with Crippen LogP contribution in [0.25, 0.3) is 0 Å². The lowest BCUT2D eigenvalue weighted by Crippen LogP contribution is -2.61. The van der Waals surface area contributed by atoms with Gasteiger partial charge in [-0.2, -0.15) is 0 Å². The van der Waals surface area contributed by atoms with Crippen LogP contribution in [0.3, 0.4) is 0 Å². The van der Waals surface area contributed by atoms with Gasteiger partial charge in [0.1, 0.15) is 30.1 Å². The van der Waals surface area contributed by atoms with Crippen LogP contribution in [-0.2, 0) is 42.9 Å². The average molecular weight is 902 g/mol. The maximum atomic E-state index is 14.3. The lowest BCUT2D eigenvalue weighted by atomic mass is 9.78. The molecule has 0 unspecified atom stereocenters. The maximum Gasteiger partial charge on any atom is 0.329 e. The van der Waals surface area contributed by atoms with E-state index in [1.54, 1.807) is 34.0 Å². The number of ketones is 3. The van der Waals surface area contributed by atoms with Crippen molar-refractivity contribution in [3.8, 4) is 0 Å². The largest absolute Gasteiger partial charge is 0.460 e. The van der Waals surface area contributed by atoms with Crippen LogP contribution in [-0.4, -0.2) is 130 Å². The molecule has 14 heteroatoms. The van der Waals surface area contributed by atoms with Crippen molar-refractivity contribution in [2.45, 2.75) is 193 Å². The second-order valence-electron chi connectivity index (χ2n) is 19.7. The van der Waals surface area contributed by atoms with Gasteiger partial charge in [0.05, 0.1) is 24.4 Å². The lowest BCUT2D eigenvalue weighted by Gasteiger charge is -2.42. The fourth-order valence-corrected chi connectivity index (χ4v) is 10.1. The molecule has 0 spiro atoms. The van der Waals surface area contributed by atoms with Crippen LogP contribution in [0.4, 0.5) is 0 Å². The van der Waals surface area contributed by atoms with E-state index in [9.17, 15) is 44.4 Å². The summed E-state index contributed by atoms with van der Waals surface area (Å²) in [6.07, 6.45) is 7.98. The number of allylic oxidation sites excluding steroid dienone is 4. The van der Waals surface area contributed by atoms with Gasteiger partial charge in [-0.1, -0.05) is 58.9 Å². The van der Waals surface area contributed by atoms with Gasteiger partial charge >= 0.3 is 5.97 Å². The zero-order chi connectivity index (χ0) is 47.5. The molecule has 0 aromatic carbocycles. The molecule has 2 bridgehead atoms. The number of esters is 1. The normalized spacial score (nSPS) is 40.6. The Morgan fingerprint density at radius 1 is 0.875 bits per heavy atom. The molecule has 1 saturated carbocycles. The molecule has 3 heterocycles. The van der Waals surface area contributed by atoms with Gasteiger partial charge in [-0.25, -0.2) is 4.79 Å². The molecule has 64 heavy (non-hydrogen) atoms. The second kappa shape index (κ2) is 24.6. The van der Waals surface area contributed by atoms with Crippen LogP contribution in [0.2, 0.25) is 0 Å². The van der Waals surface area contributed by atoms with Crippen molar-refractivity contribution in [2.24, 2.45) is 35.5 Å². The van der Waals surface area contributed by atoms with Crippen LogP contribution in [0.15, 0.2) is 35.5 Å². The number of Topliss-reactive ketones (excluding diaryl/α,β-unsaturated/α-hetero) is 3. The summed E-state index contributed by atoms with van der Waals surface area (Å²) in [5, 5.41) is 44.8. The maximum absolute atomic E-state index is 14.3. The number of ether oxygens (including phenoxy) is 4. The zero-order valence-electron chi connectivity index (χ0n) is 39.9. The Hall–Kier alpha value is -3.11. The van der Waals surface area contributed by atoms with Crippen molar-refractivity contribution in [1.82, 2.24) is 4.90 Å². The van der Waals surface area contributed by atoms with E-state index in [-0.39, 0.29) is 61.2 Å². The number of amides is 1. The molecule has 4 N–H and O–H groups in total. The Labute approximate surface area is 381 Å². The molecule has 2 saturated heterocycles. The highest BCUT2D eigenvalue weighted by atomic mass is 16.6. The average Bonchev–Trinajstić information content (AvgIpc) is 3.26. The highest BCUT2D eigenvalue weighted by Gasteiger charge is 2.53. The first-order valence-electron chi connectivity index (χ1n) is 23.9. The fraction of sp³-hybridized carbons (Fsp3) is 0.780. The Morgan fingerprint density at radius 2 is 1.59 bits per heavy atom. The number of carbonyl (C=O) groups is 5. The van der Waals surface area contributed by atoms with Crippen LogP contribution in [0.5, 0.6) is 0 Å². The van der Waals surface area contributed by atoms with Crippen molar-refractivity contribution in [3.63, 3.8) is 0 Å². The number of fused-ring (bicyclic) bond motifs is 3. The van der Waals surface area contributed by atoms with E-state index < -0.39 is 83.9 Å². The van der Waals surface area contributed by atoms with Gasteiger partial charge in [0.15, 0.2) is 5.78 Å². The Balaban J connectivity index is 1.68. The third kappa shape index (κ3) is 14.0. The van der Waals surface area contributed by atoms with Crippen molar-refractivity contribution in [1.29, 1.82) is 0 Å². The number of methoxy groups -OCH3 is 2. The van der Waals surface area contributed by atoms with Gasteiger partial charge in [-0.15, -0.1) is 0 Å². The van der Waals surface area contributed by atoms with Crippen molar-refractivity contribution in [3.05, 3.63) is 35.5 Å². The van der Waals surface area contributed by atoms with Crippen molar-refractivity contribution >= 4 is 29.2 Å². The number of carbonyl (C=O) groups excluding carboxylic acids is 5. The van der Waals surface area contributed by atoms with E-state index in [1.807, 2.05) is 45.9 Å². The van der Waals surface area contributed by atoms with Gasteiger partial charge in [0, 0.05) is 51.4 Å². The Kier molecular flexibility index (Phi) is 20.6. The first-order valence-corrected chi connectivity index (χ1v) is 23.9. The first-order chi connectivity index (χ1) is 30.2. The van der Waals surface area contributed by atoms with Gasteiger partial charge in [0.25, 0.3) is 11.7 Å². The number of rotatable bonds is 5. The fourth-order valence-electron chi connectivity index (χ4n) is 10.1. The zero-order valence-corrected chi connectivity index (χ0v) is 39.9. The number of cyclic esters (lactones) is 1. The molecule has 0 radical (unpaired) electrons. The summed E-state index contributed by atoms with van der Waals surface area (Å²) in [7, 11) is 2.94. The van der Waals surface area contributed by atoms with E-state index in [0.717, 1.165) is 6.42 Å². The highest BCUT2D eigenvalue weighted by Crippen LogP contribution is 2.37. The number of aliphatic hydroxyl groups is 4. The Bertz CT molecular complexity index is 1690. The number of nitrogens with zero attached hydrogens (tertiary/aromatic N) is 1. The van der Waals surface area contributed by atoms with Crippen LogP contribution >= 0.6 is 0 Å². The van der Waals surface area contributed by atoms with E-state index in [0.29, 0.717) is 75.4 Å². The second-order valence-corrected chi connectivity index (χ2v) is 19.7. The summed E-state index contributed by atoms with van der Waals surface area (Å²) in [5.41, 5.74) is 1.10. The van der Waals surface area contributed by atoms with Crippen molar-refractivity contribution in [2.75, 3.05) is 20.8 Å². The topological polar surface area (TPSA) is 206 Å². The van der Waals surface area contributed by atoms with Crippen LogP contribution < -0.4 is 0 Å². The molecule has 4 aliphatic rings. The molecule has 1 aliphatic carbocycles. The van der Waals surface area contributed by atoms with E-state index in [2.05, 4.69) is 0 Å². The smallest absolute Gasteiger partial charge is 0.329 e. The molecule has 0 aromatic heterocycles. The van der Waals surface area contributed by atoms with Crippen molar-refractivity contribution < 1.29 is 63.3 Å². The molecule has 1 amide bonds. The van der Waals surface area contributed by atoms with Gasteiger partial charge in [-0.3, -0.25) is 19.2 Å². The van der Waals surface area contributed by atoms with Gasteiger partial charge in [0.2, 0.25) is 5.79 Å². The highest BCUT2D eigenvalue weighted by molar-refractivity contribution is 6.39. The predicted molar refractivity (Wildman–Crippen MR) is 240 cm³/mol. The summed E-state index contributed by atoms with van der Waals surface area (Å²) in [6.45, 7) is 12.6. The standard InChI is InChI=1S/C50H79NO13/c1-29-15-11-10-12-16-30(2)40(53)27-37-20-18-35(7)50(60,64-37)47(57)48(58)51-22-14-13-17-38(51)49(59)63-42(32(4)25-36-19-21-39(52)43(26-36)61-8)28-41(54)31(3)24-34(6)45(56)46(62-9)44(55)33(5)23-29/h11,15-16,24,29,31-33,35-40,42-43,45-46,52-53,56,60H,10,12-14,17-23,25-28H2,1-9H3/b15-11+,30-16+,34-24+/t29-,31-,32-,33-,35-,36-,37+,38+,39-,40+,42+,43-,45-,46+,50-/m1/s1. The van der Waals surface area contributed by atoms with Gasteiger partial charge in [-0.05, 0) is 120 Å². The number of aliphatic hydroxyl groups excluding tert-OH is 3. The minimum Gasteiger partial charge on any atom is -0.460 e. The number of piperidine rings is 1. The minimum absolute atomic E-state index is 0.0464. The predicted octanol–water partition coefficient (Wildman–Crippen LogP) is 5.75. The van der Waals surface area contributed by atoms with E-state index in [4.69, 9.17) is 18.9 Å². The van der Waals surface area contributed by atoms with Crippen LogP contribution in [0.1, 0.15) is 138 Å². The molecular weight excluding hydrogens is 823 g/mol. The molecule has 14 nitrogen and oxygen atoms in total. The van der Waals surface area contributed by atoms with Crippen LogP contribution in [0, 0.1) is 35.5 Å². The SMILES string of the molecule is CO[C@@H]1C[C@@H](C[C@@H](C)[C@@H]2CC(=O)[C@H](C)/C=C(\C)[C@@H](O)[C@@H](OC)C(=O)[C@H](C)C[C@H](C)/C=C/CC/C=C(\C)[C@@H](O)C[C@@H]3CC[C@@H](C)[C@@](O)(O3)C(=O)C(=O)N3CCCC[C@H]3C(=O)O2)CC[C@H]1O.